The molecule has 3 atom stereocenters. The maximum Gasteiger partial charge on any atom is 0.244 e. The average molecular weight is 830 g/mol. The number of nitrogens with zero attached hydrogens (tertiary/aromatic N) is 1. The van der Waals surface area contributed by atoms with Gasteiger partial charge < -0.3 is 10.6 Å². The van der Waals surface area contributed by atoms with Crippen molar-refractivity contribution in [2.45, 2.75) is 201 Å². The van der Waals surface area contributed by atoms with Crippen molar-refractivity contribution in [1.29, 1.82) is 0 Å². The Hall–Kier alpha value is -1.87. The van der Waals surface area contributed by atoms with Crippen LogP contribution in [0.5, 0.6) is 0 Å². The summed E-state index contributed by atoms with van der Waals surface area (Å²) >= 11 is 3.06. The molecule has 0 bridgehead atoms. The van der Waals surface area contributed by atoms with Crippen molar-refractivity contribution in [3.8, 4) is 0 Å². The first-order valence-corrected chi connectivity index (χ1v) is 24.4. The monoisotopic (exact) mass is 830 g/mol. The number of thioether (sulfide) groups is 2. The highest BCUT2D eigenvalue weighted by Gasteiger charge is 2.37. The lowest BCUT2D eigenvalue weighted by molar-refractivity contribution is -0.125. The summed E-state index contributed by atoms with van der Waals surface area (Å²) in [5.74, 6) is 1.90. The molecule has 0 aliphatic heterocycles. The van der Waals surface area contributed by atoms with Crippen LogP contribution in [0.15, 0.2) is 29.8 Å². The van der Waals surface area contributed by atoms with Crippen LogP contribution in [0.3, 0.4) is 0 Å². The minimum Gasteiger partial charge on any atom is -0.356 e. The summed E-state index contributed by atoms with van der Waals surface area (Å²) in [4.78, 5) is 50.8. The Morgan fingerprint density at radius 1 is 0.875 bits per heavy atom. The van der Waals surface area contributed by atoms with Crippen LogP contribution >= 0.6 is 23.5 Å². The van der Waals surface area contributed by atoms with E-state index in [9.17, 15) is 19.2 Å². The summed E-state index contributed by atoms with van der Waals surface area (Å²) in [5, 5.41) is 6.98. The number of carbonyl (C=O) groups excluding carboxylic acids is 4. The second-order valence-electron chi connectivity index (χ2n) is 14.0. The van der Waals surface area contributed by atoms with Crippen LogP contribution in [0.2, 0.25) is 0 Å². The van der Waals surface area contributed by atoms with Crippen LogP contribution in [-0.4, -0.2) is 58.9 Å². The van der Waals surface area contributed by atoms with E-state index in [4.69, 9.17) is 0 Å². The van der Waals surface area contributed by atoms with Gasteiger partial charge in [0.15, 0.2) is 5.12 Å². The van der Waals surface area contributed by atoms with Gasteiger partial charge in [0, 0.05) is 31.1 Å². The molecule has 0 heterocycles. The second kappa shape index (κ2) is 49.3. The molecule has 2 amide bonds. The zero-order valence-corrected chi connectivity index (χ0v) is 41.9. The molecule has 0 aromatic heterocycles. The Morgan fingerprint density at radius 2 is 1.39 bits per heavy atom. The summed E-state index contributed by atoms with van der Waals surface area (Å²) in [6.07, 6.45) is 20.8. The van der Waals surface area contributed by atoms with Crippen LogP contribution in [0.1, 0.15) is 195 Å². The van der Waals surface area contributed by atoms with Crippen molar-refractivity contribution in [1.82, 2.24) is 10.6 Å². The van der Waals surface area contributed by atoms with Gasteiger partial charge in [0.2, 0.25) is 11.8 Å². The fourth-order valence-corrected chi connectivity index (χ4v) is 6.26. The van der Waals surface area contributed by atoms with Crippen LogP contribution in [0.4, 0.5) is 0 Å². The number of Topliss-reactive ketones (excluding diaryl/α,β-unsaturated/α-hetero) is 1. The molecule has 2 N–H and O–H groups in total. The second-order valence-corrected chi connectivity index (χ2v) is 16.0. The fourth-order valence-electron chi connectivity index (χ4n) is 4.49. The normalized spacial score (nSPS) is 13.5. The highest BCUT2D eigenvalue weighted by Crippen LogP contribution is 2.44. The van der Waals surface area contributed by atoms with E-state index in [2.05, 4.69) is 89.7 Å². The Morgan fingerprint density at radius 3 is 1.82 bits per heavy atom. The molecule has 0 aromatic carbocycles. The molecule has 1 aliphatic rings. The van der Waals surface area contributed by atoms with Gasteiger partial charge >= 0.3 is 0 Å². The summed E-state index contributed by atoms with van der Waals surface area (Å²) in [6.45, 7) is 38.6. The van der Waals surface area contributed by atoms with Crippen LogP contribution in [-0.2, 0) is 19.2 Å². The van der Waals surface area contributed by atoms with E-state index >= 15 is 0 Å². The van der Waals surface area contributed by atoms with E-state index in [0.717, 1.165) is 36.6 Å². The van der Waals surface area contributed by atoms with E-state index in [0.29, 0.717) is 35.2 Å². The summed E-state index contributed by atoms with van der Waals surface area (Å²) < 4.78 is 0. The molecule has 56 heavy (non-hydrogen) atoms. The van der Waals surface area contributed by atoms with Gasteiger partial charge in [-0.15, -0.1) is 18.3 Å². The number of nitrogens with one attached hydrogen (secondary N) is 2. The highest BCUT2D eigenvalue weighted by atomic mass is 32.2. The van der Waals surface area contributed by atoms with Crippen molar-refractivity contribution in [2.24, 2.45) is 28.2 Å². The van der Waals surface area contributed by atoms with Crippen molar-refractivity contribution in [3.05, 3.63) is 24.8 Å². The number of hydrogen-bond donors (Lipinski definition) is 2. The van der Waals surface area contributed by atoms with Crippen molar-refractivity contribution >= 4 is 51.3 Å². The lowest BCUT2D eigenvalue weighted by atomic mass is 9.94. The fraction of sp³-hybridized carbons (Fsp3) is 0.809. The zero-order chi connectivity index (χ0) is 45.0. The summed E-state index contributed by atoms with van der Waals surface area (Å²) in [6, 6.07) is -0.449. The molecule has 0 radical (unpaired) electrons. The number of aliphatic imine (C=N–C) groups is 1. The predicted molar refractivity (Wildman–Crippen MR) is 257 cm³/mol. The van der Waals surface area contributed by atoms with Gasteiger partial charge in [-0.3, -0.25) is 24.2 Å². The van der Waals surface area contributed by atoms with E-state index in [-0.39, 0.29) is 30.1 Å². The lowest BCUT2D eigenvalue weighted by Crippen LogP contribution is -2.35. The third kappa shape index (κ3) is 48.3. The Bertz CT molecular complexity index is 978. The van der Waals surface area contributed by atoms with Gasteiger partial charge in [0.1, 0.15) is 11.8 Å². The van der Waals surface area contributed by atoms with E-state index in [1.165, 1.54) is 63.6 Å². The molecule has 7 nitrogen and oxygen atoms in total. The van der Waals surface area contributed by atoms with Gasteiger partial charge in [-0.25, -0.2) is 0 Å². The number of allylic oxidation sites excluding steroid dienone is 3. The molecule has 334 valence electrons. The molecule has 1 fully saturated rings. The predicted octanol–water partition coefficient (Wildman–Crippen LogP) is 13.7. The maximum atomic E-state index is 11.9. The van der Waals surface area contributed by atoms with Crippen molar-refractivity contribution in [2.75, 3.05) is 25.1 Å². The lowest BCUT2D eigenvalue weighted by Gasteiger charge is -2.21. The molecule has 0 spiro atoms. The molecule has 0 aromatic rings. The van der Waals surface area contributed by atoms with Gasteiger partial charge in [-0.05, 0) is 76.4 Å². The number of unbranched alkanes of at least 4 members (excludes halogenated alkanes) is 4. The molecule has 9 heteroatoms. The quantitative estimate of drug-likeness (QED) is 0.0517. The van der Waals surface area contributed by atoms with Crippen LogP contribution < -0.4 is 10.6 Å². The average Bonchev–Trinajstić information content (AvgIpc) is 3.92. The van der Waals surface area contributed by atoms with E-state index < -0.39 is 6.04 Å². The first kappa shape index (κ1) is 66.0. The van der Waals surface area contributed by atoms with Gasteiger partial charge in [-0.2, -0.15) is 0 Å². The molecule has 3 unspecified atom stereocenters. The first-order chi connectivity index (χ1) is 26.6. The van der Waals surface area contributed by atoms with Gasteiger partial charge in [0.05, 0.1) is 11.6 Å². The standard InChI is InChI=1S/C21H37NO2S.C14H26N2O2S.C3H8.C3H6.3C2H6/c1-4-5-6-7-8-12-20(24)25-15-10-9-11-18(2)16-19(23)22-17-21(3)13-14-21;1-7-12(9(2)3)14(19-6)16-11(5)13(18)15-8-10(4)17;2*1-3-2;3*1-2/h9,11,18H,4-8,10,12-17H2,1-3H3,(H,22,23);9,11-12H,7-8H2,1-6H3,(H,15,18);3H2,1-2H3;3H,1H2,2H3;3*1-2H3/b11-9+;;;;;;. The Balaban J connectivity index is -0.000000178. The van der Waals surface area contributed by atoms with Gasteiger partial charge in [-0.1, -0.05) is 159 Å². The molecule has 0 saturated heterocycles. The van der Waals surface area contributed by atoms with E-state index in [1.807, 2.05) is 54.7 Å². The number of hydrogen-bond acceptors (Lipinski definition) is 7. The number of rotatable bonds is 21. The Labute approximate surface area is 358 Å². The third-order valence-electron chi connectivity index (χ3n) is 7.80. The topological polar surface area (TPSA) is 105 Å². The van der Waals surface area contributed by atoms with Crippen LogP contribution in [0, 0.1) is 23.2 Å². The minimum absolute atomic E-state index is 0.0526. The minimum atomic E-state index is -0.449. The largest absolute Gasteiger partial charge is 0.356 e. The highest BCUT2D eigenvalue weighted by molar-refractivity contribution is 8.13. The molecule has 1 rings (SSSR count). The molecular formula is C47H95N3O4S2. The maximum absolute atomic E-state index is 11.9. The smallest absolute Gasteiger partial charge is 0.244 e. The SMILES string of the molecule is C=CC.CC.CC.CC.CCC.CCC(C(=NC(C)C(=O)NCC(C)=O)SC)C(C)C.CCCCCCCC(=O)SCC/C=C/C(C)CC(=O)NCC1(C)CC1. The summed E-state index contributed by atoms with van der Waals surface area (Å²) in [7, 11) is 0. The number of amides is 2. The van der Waals surface area contributed by atoms with Crippen molar-refractivity contribution in [3.63, 3.8) is 0 Å². The number of carbonyl (C=O) groups is 4. The zero-order valence-electron chi connectivity index (χ0n) is 40.3. The molecule has 1 aliphatic carbocycles. The third-order valence-corrected chi connectivity index (χ3v) is 9.60. The Kier molecular flexibility index (Phi) is 58.0. The van der Waals surface area contributed by atoms with Crippen molar-refractivity contribution < 1.29 is 19.2 Å². The summed E-state index contributed by atoms with van der Waals surface area (Å²) in [5.41, 5.74) is 0.370. The first-order valence-electron chi connectivity index (χ1n) is 22.2. The molecular weight excluding hydrogens is 735 g/mol. The molecule has 1 saturated carbocycles. The van der Waals surface area contributed by atoms with E-state index in [1.54, 1.807) is 24.8 Å². The van der Waals surface area contributed by atoms with Gasteiger partial charge in [0.25, 0.3) is 0 Å². The van der Waals surface area contributed by atoms with Crippen LogP contribution in [0.25, 0.3) is 0 Å². The number of ketones is 1.